The SMILES string of the molecule is Cc1nc(C2=CC=C(C3c4ccccc4C(=O)N3c3ccccc3)C2)cs1. The van der Waals surface area contributed by atoms with Gasteiger partial charge < -0.3 is 0 Å². The van der Waals surface area contributed by atoms with Gasteiger partial charge in [-0.25, -0.2) is 4.98 Å². The lowest BCUT2D eigenvalue weighted by molar-refractivity contribution is 0.0993. The number of rotatable bonds is 3. The van der Waals surface area contributed by atoms with Crippen LogP contribution in [0.25, 0.3) is 5.57 Å². The van der Waals surface area contributed by atoms with E-state index in [-0.39, 0.29) is 11.9 Å². The zero-order valence-corrected chi connectivity index (χ0v) is 15.7. The second-order valence-electron chi connectivity index (χ2n) is 6.86. The van der Waals surface area contributed by atoms with Crippen molar-refractivity contribution in [1.29, 1.82) is 0 Å². The number of amides is 1. The molecule has 0 bridgehead atoms. The molecule has 1 amide bonds. The van der Waals surface area contributed by atoms with Gasteiger partial charge in [-0.3, -0.25) is 9.69 Å². The molecule has 0 N–H and O–H groups in total. The number of hydrogen-bond acceptors (Lipinski definition) is 3. The molecule has 0 saturated heterocycles. The molecule has 1 atom stereocenters. The molecule has 0 spiro atoms. The Morgan fingerprint density at radius 2 is 1.81 bits per heavy atom. The predicted octanol–water partition coefficient (Wildman–Crippen LogP) is 5.57. The number of fused-ring (bicyclic) bond motifs is 1. The standard InChI is InChI=1S/C23H18N2OS/c1-15-24-21(14-27-15)16-11-12-17(13-16)22-19-9-5-6-10-20(19)23(26)25(22)18-7-3-2-4-8-18/h2-12,14,22H,13H2,1H3. The maximum atomic E-state index is 13.2. The van der Waals surface area contributed by atoms with Crippen LogP contribution < -0.4 is 4.90 Å². The van der Waals surface area contributed by atoms with Gasteiger partial charge in [0.25, 0.3) is 5.91 Å². The summed E-state index contributed by atoms with van der Waals surface area (Å²) in [5.41, 5.74) is 6.32. The molecule has 2 aliphatic rings. The average Bonchev–Trinajstić information content (AvgIpc) is 3.40. The molecule has 5 rings (SSSR count). The van der Waals surface area contributed by atoms with Gasteiger partial charge in [0.15, 0.2) is 0 Å². The molecule has 132 valence electrons. The average molecular weight is 370 g/mol. The van der Waals surface area contributed by atoms with Gasteiger partial charge in [-0.15, -0.1) is 11.3 Å². The summed E-state index contributed by atoms with van der Waals surface area (Å²) >= 11 is 1.67. The van der Waals surface area contributed by atoms with Crippen LogP contribution in [0.3, 0.4) is 0 Å². The first-order valence-electron chi connectivity index (χ1n) is 9.02. The molecule has 0 radical (unpaired) electrons. The molecule has 0 saturated carbocycles. The minimum absolute atomic E-state index is 0.0652. The number of aromatic nitrogens is 1. The number of thiazole rings is 1. The van der Waals surface area contributed by atoms with E-state index in [1.165, 1.54) is 11.1 Å². The van der Waals surface area contributed by atoms with Crippen molar-refractivity contribution < 1.29 is 4.79 Å². The van der Waals surface area contributed by atoms with Gasteiger partial charge in [-0.05, 0) is 48.3 Å². The van der Waals surface area contributed by atoms with E-state index in [1.807, 2.05) is 60.4 Å². The number of para-hydroxylation sites is 1. The molecule has 27 heavy (non-hydrogen) atoms. The van der Waals surface area contributed by atoms with Gasteiger partial charge in [-0.2, -0.15) is 0 Å². The molecular formula is C23H18N2OS. The maximum absolute atomic E-state index is 13.2. The quantitative estimate of drug-likeness (QED) is 0.604. The Morgan fingerprint density at radius 3 is 2.59 bits per heavy atom. The topological polar surface area (TPSA) is 33.2 Å². The van der Waals surface area contributed by atoms with Gasteiger partial charge in [0, 0.05) is 16.6 Å². The van der Waals surface area contributed by atoms with Crippen molar-refractivity contribution in [2.24, 2.45) is 0 Å². The smallest absolute Gasteiger partial charge is 0.259 e. The Kier molecular flexibility index (Phi) is 3.80. The van der Waals surface area contributed by atoms with Crippen LogP contribution >= 0.6 is 11.3 Å². The summed E-state index contributed by atoms with van der Waals surface area (Å²) < 4.78 is 0. The Hall–Kier alpha value is -2.98. The van der Waals surface area contributed by atoms with Crippen LogP contribution in [0.4, 0.5) is 5.69 Å². The molecule has 1 unspecified atom stereocenters. The summed E-state index contributed by atoms with van der Waals surface area (Å²) in [5.74, 6) is 0.0700. The van der Waals surface area contributed by atoms with E-state index >= 15 is 0 Å². The molecule has 3 nitrogen and oxygen atoms in total. The van der Waals surface area contributed by atoms with Crippen molar-refractivity contribution in [2.75, 3.05) is 4.90 Å². The Morgan fingerprint density at radius 1 is 1.04 bits per heavy atom. The summed E-state index contributed by atoms with van der Waals surface area (Å²) in [6.07, 6.45) is 5.14. The fourth-order valence-corrected chi connectivity index (χ4v) is 4.59. The highest BCUT2D eigenvalue weighted by Crippen LogP contribution is 2.45. The van der Waals surface area contributed by atoms with Gasteiger partial charge in [0.2, 0.25) is 0 Å². The van der Waals surface area contributed by atoms with Gasteiger partial charge >= 0.3 is 0 Å². The zero-order valence-electron chi connectivity index (χ0n) is 14.9. The van der Waals surface area contributed by atoms with E-state index in [9.17, 15) is 4.79 Å². The Bertz CT molecular complexity index is 1090. The summed E-state index contributed by atoms with van der Waals surface area (Å²) in [5, 5.41) is 3.19. The lowest BCUT2D eigenvalue weighted by Gasteiger charge is -2.27. The first kappa shape index (κ1) is 16.2. The highest BCUT2D eigenvalue weighted by atomic mass is 32.1. The normalized spacial score (nSPS) is 18.5. The molecule has 2 heterocycles. The third kappa shape index (κ3) is 2.64. The largest absolute Gasteiger partial charge is 0.297 e. The third-order valence-electron chi connectivity index (χ3n) is 5.19. The van der Waals surface area contributed by atoms with Crippen LogP contribution in [-0.2, 0) is 0 Å². The number of carbonyl (C=O) groups excluding carboxylic acids is 1. The van der Waals surface area contributed by atoms with Crippen LogP contribution in [0, 0.1) is 6.92 Å². The summed E-state index contributed by atoms with van der Waals surface area (Å²) in [6, 6.07) is 17.8. The summed E-state index contributed by atoms with van der Waals surface area (Å²) in [7, 11) is 0. The van der Waals surface area contributed by atoms with Crippen LogP contribution in [0.1, 0.15) is 39.1 Å². The van der Waals surface area contributed by atoms with Gasteiger partial charge in [-0.1, -0.05) is 48.6 Å². The lowest BCUT2D eigenvalue weighted by atomic mass is 9.95. The molecular weight excluding hydrogens is 352 g/mol. The van der Waals surface area contributed by atoms with E-state index in [0.29, 0.717) is 0 Å². The second kappa shape index (κ2) is 6.32. The van der Waals surface area contributed by atoms with E-state index in [4.69, 9.17) is 0 Å². The first-order valence-corrected chi connectivity index (χ1v) is 9.90. The lowest BCUT2D eigenvalue weighted by Crippen LogP contribution is -2.28. The van der Waals surface area contributed by atoms with Crippen LogP contribution in [0.2, 0.25) is 0 Å². The monoisotopic (exact) mass is 370 g/mol. The summed E-state index contributed by atoms with van der Waals surface area (Å²) in [4.78, 5) is 19.7. The van der Waals surface area contributed by atoms with Crippen molar-refractivity contribution >= 4 is 28.5 Å². The minimum atomic E-state index is -0.0652. The van der Waals surface area contributed by atoms with E-state index in [2.05, 4.69) is 28.6 Å². The minimum Gasteiger partial charge on any atom is -0.297 e. The predicted molar refractivity (Wildman–Crippen MR) is 110 cm³/mol. The van der Waals surface area contributed by atoms with Gasteiger partial charge in [0.05, 0.1) is 16.7 Å². The van der Waals surface area contributed by atoms with E-state index in [1.54, 1.807) is 11.3 Å². The van der Waals surface area contributed by atoms with Crippen molar-refractivity contribution in [3.8, 4) is 0 Å². The molecule has 1 aliphatic carbocycles. The number of nitrogens with zero attached hydrogens (tertiary/aromatic N) is 2. The van der Waals surface area contributed by atoms with E-state index in [0.717, 1.165) is 33.9 Å². The zero-order chi connectivity index (χ0) is 18.4. The number of allylic oxidation sites excluding steroid dienone is 3. The Labute approximate surface area is 162 Å². The highest BCUT2D eigenvalue weighted by Gasteiger charge is 2.40. The third-order valence-corrected chi connectivity index (χ3v) is 5.96. The van der Waals surface area contributed by atoms with Crippen molar-refractivity contribution in [3.63, 3.8) is 0 Å². The molecule has 4 heteroatoms. The highest BCUT2D eigenvalue weighted by molar-refractivity contribution is 7.09. The fraction of sp³-hybridized carbons (Fsp3) is 0.130. The number of hydrogen-bond donors (Lipinski definition) is 0. The molecule has 1 aromatic heterocycles. The molecule has 1 aliphatic heterocycles. The fourth-order valence-electron chi connectivity index (χ4n) is 3.96. The van der Waals surface area contributed by atoms with Crippen LogP contribution in [0.15, 0.2) is 77.7 Å². The summed E-state index contributed by atoms with van der Waals surface area (Å²) in [6.45, 7) is 2.03. The van der Waals surface area contributed by atoms with Crippen LogP contribution in [0.5, 0.6) is 0 Å². The van der Waals surface area contributed by atoms with Crippen molar-refractivity contribution in [2.45, 2.75) is 19.4 Å². The van der Waals surface area contributed by atoms with Crippen molar-refractivity contribution in [1.82, 2.24) is 4.98 Å². The van der Waals surface area contributed by atoms with Crippen LogP contribution in [-0.4, -0.2) is 10.9 Å². The second-order valence-corrected chi connectivity index (χ2v) is 7.92. The number of aryl methyl sites for hydroxylation is 1. The van der Waals surface area contributed by atoms with Gasteiger partial charge in [0.1, 0.15) is 0 Å². The first-order chi connectivity index (χ1) is 13.2. The maximum Gasteiger partial charge on any atom is 0.259 e. The number of benzene rings is 2. The number of carbonyl (C=O) groups is 1. The number of anilines is 1. The Balaban J connectivity index is 1.54. The molecule has 3 aromatic rings. The molecule has 0 fully saturated rings. The van der Waals surface area contributed by atoms with Crippen molar-refractivity contribution in [3.05, 3.63) is 99.5 Å². The molecule has 2 aromatic carbocycles. The van der Waals surface area contributed by atoms with E-state index < -0.39 is 0 Å².